The molecule has 0 amide bonds. The summed E-state index contributed by atoms with van der Waals surface area (Å²) in [5.41, 5.74) is 5.03. The van der Waals surface area contributed by atoms with Gasteiger partial charge in [0.1, 0.15) is 17.6 Å². The first-order valence-electron chi connectivity index (χ1n) is 13.4. The molecule has 0 bridgehead atoms. The normalized spacial score (nSPS) is 19.2. The van der Waals surface area contributed by atoms with E-state index >= 15 is 0 Å². The van der Waals surface area contributed by atoms with Crippen molar-refractivity contribution < 1.29 is 45.7 Å². The number of nitrogens with two attached hydrogens (primary N) is 1. The molecule has 2 atom stereocenters. The van der Waals surface area contributed by atoms with Crippen molar-refractivity contribution in [3.63, 3.8) is 0 Å². The van der Waals surface area contributed by atoms with Crippen LogP contribution in [-0.2, 0) is 4.79 Å². The van der Waals surface area contributed by atoms with Gasteiger partial charge in [0.15, 0.2) is 0 Å². The van der Waals surface area contributed by atoms with Gasteiger partial charge in [-0.05, 0) is 60.1 Å². The fourth-order valence-corrected chi connectivity index (χ4v) is 5.80. The topological polar surface area (TPSA) is 123 Å². The maximum atomic E-state index is 14.5. The van der Waals surface area contributed by atoms with Gasteiger partial charge in [0.05, 0.1) is 0 Å². The van der Waals surface area contributed by atoms with Crippen molar-refractivity contribution in [3.05, 3.63) is 59.1 Å². The molecule has 1 aromatic heterocycles. The molecule has 2 fully saturated rings. The van der Waals surface area contributed by atoms with Gasteiger partial charge in [0.2, 0.25) is 17.9 Å². The van der Waals surface area contributed by atoms with Crippen molar-refractivity contribution in [3.8, 4) is 22.8 Å². The molecule has 5 rings (SSSR count). The van der Waals surface area contributed by atoms with Gasteiger partial charge in [-0.25, -0.2) is 0 Å². The van der Waals surface area contributed by atoms with Gasteiger partial charge in [0, 0.05) is 36.3 Å². The number of piperidine rings is 1. The van der Waals surface area contributed by atoms with E-state index < -0.39 is 47.8 Å². The third kappa shape index (κ3) is 7.21. The second kappa shape index (κ2) is 11.8. The Kier molecular flexibility index (Phi) is 8.46. The third-order valence-electron chi connectivity index (χ3n) is 7.73. The van der Waals surface area contributed by atoms with E-state index in [2.05, 4.69) is 20.0 Å². The van der Waals surface area contributed by atoms with Crippen LogP contribution in [0.25, 0.3) is 11.1 Å². The lowest BCUT2D eigenvalue weighted by molar-refractivity contribution is -0.274. The first kappa shape index (κ1) is 31.4. The van der Waals surface area contributed by atoms with E-state index in [1.165, 1.54) is 30.3 Å². The van der Waals surface area contributed by atoms with Crippen LogP contribution in [0.1, 0.15) is 30.9 Å². The van der Waals surface area contributed by atoms with Crippen molar-refractivity contribution >= 4 is 29.3 Å². The van der Waals surface area contributed by atoms with Crippen LogP contribution in [0.5, 0.6) is 11.6 Å². The predicted octanol–water partition coefficient (Wildman–Crippen LogP) is 5.99. The predicted molar refractivity (Wildman–Crippen MR) is 147 cm³/mol. The molecule has 4 N–H and O–H groups in total. The molecule has 16 heteroatoms. The summed E-state index contributed by atoms with van der Waals surface area (Å²) in [6, 6.07) is 8.53. The number of nitrogens with zero attached hydrogens (tertiary/aromatic N) is 3. The SMILES string of the molecule is Nc1nc(OC(c2ccc(Cl)cc2-c2cccc(OC(F)(F)F)c2)C(F)(F)F)cc(N2CCC3(CC2)CNC(C(=O)O)C3)n1. The number of benzene rings is 2. The molecule has 2 saturated heterocycles. The molecule has 0 radical (unpaired) electrons. The molecule has 3 aromatic rings. The summed E-state index contributed by atoms with van der Waals surface area (Å²) in [4.78, 5) is 21.2. The summed E-state index contributed by atoms with van der Waals surface area (Å²) < 4.78 is 91.4. The van der Waals surface area contributed by atoms with E-state index in [1.54, 1.807) is 0 Å². The summed E-state index contributed by atoms with van der Waals surface area (Å²) in [5.74, 6) is -2.12. The first-order chi connectivity index (χ1) is 20.6. The molecule has 2 unspecified atom stereocenters. The number of halogens is 7. The number of ether oxygens (including phenoxy) is 2. The van der Waals surface area contributed by atoms with Gasteiger partial charge in [-0.2, -0.15) is 23.1 Å². The smallest absolute Gasteiger partial charge is 0.480 e. The number of hydrogen-bond donors (Lipinski definition) is 3. The number of aromatic nitrogens is 2. The van der Waals surface area contributed by atoms with Crippen LogP contribution >= 0.6 is 11.6 Å². The minimum absolute atomic E-state index is 0.0289. The van der Waals surface area contributed by atoms with Crippen LogP contribution in [0.3, 0.4) is 0 Å². The molecule has 9 nitrogen and oxygen atoms in total. The second-order valence-corrected chi connectivity index (χ2v) is 11.2. The fraction of sp³-hybridized carbons (Fsp3) is 0.393. The number of anilines is 2. The molecule has 236 valence electrons. The van der Waals surface area contributed by atoms with E-state index in [0.717, 1.165) is 18.2 Å². The number of carboxylic acids is 1. The number of alkyl halides is 6. The van der Waals surface area contributed by atoms with Gasteiger partial charge in [-0.15, -0.1) is 13.2 Å². The molecular formula is C28H26ClF6N5O4. The van der Waals surface area contributed by atoms with Gasteiger partial charge in [0.25, 0.3) is 0 Å². The maximum Gasteiger partial charge on any atom is 0.573 e. The summed E-state index contributed by atoms with van der Waals surface area (Å²) >= 11 is 6.08. The van der Waals surface area contributed by atoms with Crippen LogP contribution in [0, 0.1) is 5.41 Å². The minimum Gasteiger partial charge on any atom is -0.480 e. The average molecular weight is 646 g/mol. The third-order valence-corrected chi connectivity index (χ3v) is 7.96. The quantitative estimate of drug-likeness (QED) is 0.266. The van der Waals surface area contributed by atoms with Crippen LogP contribution < -0.4 is 25.4 Å². The Hall–Kier alpha value is -3.98. The van der Waals surface area contributed by atoms with Gasteiger partial charge >= 0.3 is 18.5 Å². The van der Waals surface area contributed by atoms with Crippen molar-refractivity contribution in [1.29, 1.82) is 0 Å². The highest BCUT2D eigenvalue weighted by molar-refractivity contribution is 6.30. The summed E-state index contributed by atoms with van der Waals surface area (Å²) in [7, 11) is 0. The standard InChI is InChI=1S/C28H26ClF6N5O4/c29-16-4-5-18(19(11-16)15-2-1-3-17(10-15)44-28(33,34)35)23(27(30,31)32)43-22-12-21(38-25(36)39-22)40-8-6-26(7-9-40)13-20(24(41)42)37-14-26/h1-5,10-12,20,23,37H,6-9,13-14H2,(H,41,42)(H2,36,38,39). The zero-order chi connectivity index (χ0) is 31.9. The van der Waals surface area contributed by atoms with E-state index in [1.807, 2.05) is 4.90 Å². The molecule has 2 aliphatic rings. The van der Waals surface area contributed by atoms with Crippen molar-refractivity contribution in [2.45, 2.75) is 43.9 Å². The zero-order valence-corrected chi connectivity index (χ0v) is 23.5. The Morgan fingerprint density at radius 1 is 1.09 bits per heavy atom. The fourth-order valence-electron chi connectivity index (χ4n) is 5.63. The minimum atomic E-state index is -5.01. The monoisotopic (exact) mass is 645 g/mol. The zero-order valence-electron chi connectivity index (χ0n) is 22.8. The molecule has 3 heterocycles. The highest BCUT2D eigenvalue weighted by atomic mass is 35.5. The van der Waals surface area contributed by atoms with Crippen molar-refractivity contribution in [1.82, 2.24) is 15.3 Å². The molecule has 44 heavy (non-hydrogen) atoms. The number of hydrogen-bond acceptors (Lipinski definition) is 8. The number of rotatable bonds is 7. The molecule has 0 aliphatic carbocycles. The average Bonchev–Trinajstić information content (AvgIpc) is 3.34. The van der Waals surface area contributed by atoms with Crippen molar-refractivity contribution in [2.24, 2.45) is 5.41 Å². The Morgan fingerprint density at radius 3 is 2.45 bits per heavy atom. The summed E-state index contributed by atoms with van der Waals surface area (Å²) in [6.07, 6.45) is -10.9. The highest BCUT2D eigenvalue weighted by Crippen LogP contribution is 2.44. The molecule has 0 saturated carbocycles. The van der Waals surface area contributed by atoms with Crippen LogP contribution in [0.15, 0.2) is 48.5 Å². The molecular weight excluding hydrogens is 620 g/mol. The second-order valence-electron chi connectivity index (χ2n) is 10.7. The summed E-state index contributed by atoms with van der Waals surface area (Å²) in [6.45, 7) is 1.44. The van der Waals surface area contributed by atoms with Crippen molar-refractivity contribution in [2.75, 3.05) is 30.3 Å². The van der Waals surface area contributed by atoms with Gasteiger partial charge in [-0.3, -0.25) is 4.79 Å². The van der Waals surface area contributed by atoms with E-state index in [4.69, 9.17) is 22.1 Å². The van der Waals surface area contributed by atoms with E-state index in [0.29, 0.717) is 38.9 Å². The van der Waals surface area contributed by atoms with Crippen LogP contribution in [-0.4, -0.2) is 59.3 Å². The highest BCUT2D eigenvalue weighted by Gasteiger charge is 2.46. The summed E-state index contributed by atoms with van der Waals surface area (Å²) in [5, 5.41) is 12.4. The van der Waals surface area contributed by atoms with Crippen LogP contribution in [0.4, 0.5) is 38.1 Å². The Bertz CT molecular complexity index is 1530. The van der Waals surface area contributed by atoms with Crippen LogP contribution in [0.2, 0.25) is 5.02 Å². The maximum absolute atomic E-state index is 14.5. The van der Waals surface area contributed by atoms with Gasteiger partial charge < -0.3 is 30.5 Å². The number of nitrogens with one attached hydrogen (secondary N) is 1. The number of carbonyl (C=O) groups is 1. The van der Waals surface area contributed by atoms with E-state index in [-0.39, 0.29) is 33.3 Å². The first-order valence-corrected chi connectivity index (χ1v) is 13.7. The Morgan fingerprint density at radius 2 is 1.82 bits per heavy atom. The Labute approximate surface area is 251 Å². The Balaban J connectivity index is 1.42. The lowest BCUT2D eigenvalue weighted by Crippen LogP contribution is -2.41. The number of carboxylic acid groups (broad SMARTS) is 1. The largest absolute Gasteiger partial charge is 0.573 e. The number of nitrogen functional groups attached to an aromatic ring is 1. The molecule has 2 aromatic carbocycles. The number of aliphatic carboxylic acids is 1. The molecule has 1 spiro atoms. The van der Waals surface area contributed by atoms with Gasteiger partial charge in [-0.1, -0.05) is 29.8 Å². The molecule has 2 aliphatic heterocycles. The lowest BCUT2D eigenvalue weighted by atomic mass is 9.76. The lowest BCUT2D eigenvalue weighted by Gasteiger charge is -2.39. The van der Waals surface area contributed by atoms with E-state index in [9.17, 15) is 36.2 Å².